The molecule has 0 radical (unpaired) electrons. The van der Waals surface area contributed by atoms with Crippen molar-refractivity contribution in [3.8, 4) is 17.0 Å². The highest BCUT2D eigenvalue weighted by atomic mass is 19.3. The number of hydrogen-bond acceptors (Lipinski definition) is 4. The second-order valence-electron chi connectivity index (χ2n) is 8.72. The zero-order valence-corrected chi connectivity index (χ0v) is 18.1. The molecule has 5 nitrogen and oxygen atoms in total. The van der Waals surface area contributed by atoms with Gasteiger partial charge in [0.25, 0.3) is 11.8 Å². The maximum atomic E-state index is 14.2. The third-order valence-electron chi connectivity index (χ3n) is 6.35. The maximum absolute atomic E-state index is 14.2. The number of hydrogen-bond donors (Lipinski definition) is 1. The number of alkyl halides is 2. The van der Waals surface area contributed by atoms with Gasteiger partial charge >= 0.3 is 0 Å². The standard InChI is InChI=1S/C26H25F2N3O2/c27-26(28,19-7-8-19)20-9-11-24(30-15-20)33-21-12-13-31(16-21)23-14-18(6-10-22(23)25(29)32)17-4-2-1-3-5-17/h1-6,9-11,14-15,19,21H,7-8,12-13,16H2,(H2,29,32)/t21-/m0/s1. The van der Waals surface area contributed by atoms with Crippen LogP contribution in [-0.4, -0.2) is 30.1 Å². The van der Waals surface area contributed by atoms with Gasteiger partial charge < -0.3 is 15.4 Å². The van der Waals surface area contributed by atoms with Crippen molar-refractivity contribution in [3.63, 3.8) is 0 Å². The van der Waals surface area contributed by atoms with Gasteiger partial charge in [0.15, 0.2) is 0 Å². The number of nitrogens with zero attached hydrogens (tertiary/aromatic N) is 2. The molecule has 3 aromatic rings. The van der Waals surface area contributed by atoms with Crippen LogP contribution in [0.5, 0.6) is 5.88 Å². The number of pyridine rings is 1. The Kier molecular flexibility index (Phi) is 5.48. The van der Waals surface area contributed by atoms with Crippen LogP contribution in [0.25, 0.3) is 11.1 Å². The minimum Gasteiger partial charge on any atom is -0.472 e. The summed E-state index contributed by atoms with van der Waals surface area (Å²) in [7, 11) is 0. The molecule has 33 heavy (non-hydrogen) atoms. The summed E-state index contributed by atoms with van der Waals surface area (Å²) in [5.74, 6) is -3.56. The van der Waals surface area contributed by atoms with E-state index in [1.807, 2.05) is 42.5 Å². The van der Waals surface area contributed by atoms with Gasteiger partial charge in [-0.1, -0.05) is 36.4 Å². The van der Waals surface area contributed by atoms with Crippen molar-refractivity contribution in [3.05, 3.63) is 78.0 Å². The molecule has 2 aromatic carbocycles. The van der Waals surface area contributed by atoms with Gasteiger partial charge in [0.1, 0.15) is 6.10 Å². The molecule has 2 aliphatic rings. The van der Waals surface area contributed by atoms with E-state index in [9.17, 15) is 13.6 Å². The van der Waals surface area contributed by atoms with Gasteiger partial charge in [0, 0.05) is 36.7 Å². The van der Waals surface area contributed by atoms with Gasteiger partial charge in [0.2, 0.25) is 5.88 Å². The van der Waals surface area contributed by atoms with Crippen molar-refractivity contribution in [2.75, 3.05) is 18.0 Å². The molecule has 1 saturated carbocycles. The number of aromatic nitrogens is 1. The fraction of sp³-hybridized carbons (Fsp3) is 0.308. The number of anilines is 1. The number of benzene rings is 2. The van der Waals surface area contributed by atoms with Gasteiger partial charge in [-0.05, 0) is 42.2 Å². The summed E-state index contributed by atoms with van der Waals surface area (Å²) >= 11 is 0. The smallest absolute Gasteiger partial charge is 0.277 e. The Morgan fingerprint density at radius 1 is 1.03 bits per heavy atom. The Morgan fingerprint density at radius 3 is 2.48 bits per heavy atom. The van der Waals surface area contributed by atoms with Crippen LogP contribution < -0.4 is 15.4 Å². The number of amides is 1. The molecule has 1 amide bonds. The lowest BCUT2D eigenvalue weighted by atomic mass is 10.0. The molecule has 2 N–H and O–H groups in total. The first-order valence-corrected chi connectivity index (χ1v) is 11.2. The zero-order chi connectivity index (χ0) is 23.0. The molecule has 0 unspecified atom stereocenters. The second kappa shape index (κ2) is 8.46. The lowest BCUT2D eigenvalue weighted by Crippen LogP contribution is -2.27. The molecule has 2 heterocycles. The summed E-state index contributed by atoms with van der Waals surface area (Å²) in [6, 6.07) is 18.5. The first-order chi connectivity index (χ1) is 15.9. The van der Waals surface area contributed by atoms with E-state index in [-0.39, 0.29) is 11.7 Å². The van der Waals surface area contributed by atoms with E-state index in [2.05, 4.69) is 9.88 Å². The molecule has 1 aliphatic heterocycles. The Morgan fingerprint density at radius 2 is 1.82 bits per heavy atom. The Hall–Kier alpha value is -3.48. The number of rotatable bonds is 7. The van der Waals surface area contributed by atoms with E-state index < -0.39 is 17.7 Å². The van der Waals surface area contributed by atoms with Crippen LogP contribution in [0, 0.1) is 5.92 Å². The zero-order valence-electron chi connectivity index (χ0n) is 18.1. The van der Waals surface area contributed by atoms with E-state index in [1.54, 1.807) is 6.07 Å². The maximum Gasteiger partial charge on any atom is 0.277 e. The first-order valence-electron chi connectivity index (χ1n) is 11.2. The van der Waals surface area contributed by atoms with Crippen molar-refractivity contribution in [2.24, 2.45) is 11.7 Å². The molecule has 1 atom stereocenters. The van der Waals surface area contributed by atoms with E-state index in [0.717, 1.165) is 23.2 Å². The quantitative estimate of drug-likeness (QED) is 0.551. The summed E-state index contributed by atoms with van der Waals surface area (Å²) < 4.78 is 34.5. The molecule has 170 valence electrons. The number of primary amides is 1. The highest BCUT2D eigenvalue weighted by Gasteiger charge is 2.48. The predicted molar refractivity (Wildman–Crippen MR) is 122 cm³/mol. The fourth-order valence-corrected chi connectivity index (χ4v) is 4.35. The molecule has 1 aliphatic carbocycles. The monoisotopic (exact) mass is 449 g/mol. The van der Waals surface area contributed by atoms with Gasteiger partial charge in [-0.2, -0.15) is 0 Å². The molecule has 0 bridgehead atoms. The number of carbonyl (C=O) groups excluding carboxylic acids is 1. The minimum atomic E-state index is -2.83. The number of carbonyl (C=O) groups is 1. The number of halogens is 2. The van der Waals surface area contributed by atoms with Crippen LogP contribution in [0.15, 0.2) is 66.9 Å². The molecule has 2 fully saturated rings. The summed E-state index contributed by atoms with van der Waals surface area (Å²) in [6.07, 6.45) is 2.88. The summed E-state index contributed by atoms with van der Waals surface area (Å²) in [4.78, 5) is 18.3. The average Bonchev–Trinajstić information content (AvgIpc) is 3.60. The van der Waals surface area contributed by atoms with Crippen molar-refractivity contribution in [1.29, 1.82) is 0 Å². The largest absolute Gasteiger partial charge is 0.472 e. The van der Waals surface area contributed by atoms with Crippen molar-refractivity contribution < 1.29 is 18.3 Å². The lowest BCUT2D eigenvalue weighted by molar-refractivity contribution is -0.0289. The highest BCUT2D eigenvalue weighted by Crippen LogP contribution is 2.49. The predicted octanol–water partition coefficient (Wildman–Crippen LogP) is 5.01. The number of nitrogens with two attached hydrogens (primary N) is 1. The molecule has 5 rings (SSSR count). The molecular formula is C26H25F2N3O2. The van der Waals surface area contributed by atoms with Crippen LogP contribution in [0.2, 0.25) is 0 Å². The Bertz CT molecular complexity index is 1150. The van der Waals surface area contributed by atoms with Gasteiger partial charge in [-0.15, -0.1) is 0 Å². The van der Waals surface area contributed by atoms with Crippen LogP contribution in [0.3, 0.4) is 0 Å². The van der Waals surface area contributed by atoms with Crippen LogP contribution in [-0.2, 0) is 5.92 Å². The molecule has 1 saturated heterocycles. The van der Waals surface area contributed by atoms with E-state index in [0.29, 0.717) is 37.4 Å². The Labute approximate surface area is 191 Å². The topological polar surface area (TPSA) is 68.5 Å². The summed E-state index contributed by atoms with van der Waals surface area (Å²) in [6.45, 7) is 1.22. The molecule has 1 aromatic heterocycles. The summed E-state index contributed by atoms with van der Waals surface area (Å²) in [5.41, 5.74) is 8.84. The average molecular weight is 450 g/mol. The van der Waals surface area contributed by atoms with Crippen LogP contribution in [0.1, 0.15) is 35.2 Å². The van der Waals surface area contributed by atoms with Gasteiger partial charge in [-0.3, -0.25) is 4.79 Å². The molecular weight excluding hydrogens is 424 g/mol. The summed E-state index contributed by atoms with van der Waals surface area (Å²) in [5, 5.41) is 0. The molecule has 7 heteroatoms. The third kappa shape index (κ3) is 4.40. The van der Waals surface area contributed by atoms with Crippen LogP contribution >= 0.6 is 0 Å². The van der Waals surface area contributed by atoms with Crippen molar-refractivity contribution >= 4 is 11.6 Å². The van der Waals surface area contributed by atoms with E-state index >= 15 is 0 Å². The highest BCUT2D eigenvalue weighted by molar-refractivity contribution is 5.99. The second-order valence-corrected chi connectivity index (χ2v) is 8.72. The van der Waals surface area contributed by atoms with Crippen molar-refractivity contribution in [2.45, 2.75) is 31.3 Å². The van der Waals surface area contributed by atoms with Crippen molar-refractivity contribution in [1.82, 2.24) is 4.98 Å². The van der Waals surface area contributed by atoms with E-state index in [4.69, 9.17) is 10.5 Å². The lowest BCUT2D eigenvalue weighted by Gasteiger charge is -2.22. The molecule has 0 spiro atoms. The normalized spacial score (nSPS) is 18.4. The van der Waals surface area contributed by atoms with Crippen LogP contribution in [0.4, 0.5) is 14.5 Å². The first kappa shape index (κ1) is 21.4. The Balaban J connectivity index is 1.31. The third-order valence-corrected chi connectivity index (χ3v) is 6.35. The van der Waals surface area contributed by atoms with E-state index in [1.165, 1.54) is 18.3 Å². The van der Waals surface area contributed by atoms with Gasteiger partial charge in [0.05, 0.1) is 17.8 Å². The number of ether oxygens (including phenoxy) is 1. The van der Waals surface area contributed by atoms with Gasteiger partial charge in [-0.25, -0.2) is 13.8 Å². The fourth-order valence-electron chi connectivity index (χ4n) is 4.35. The SMILES string of the molecule is NC(=O)c1ccc(-c2ccccc2)cc1N1CC[C@H](Oc2ccc(C(F)(F)C3CC3)cn2)C1. The minimum absolute atomic E-state index is 0.0609.